The second-order valence-electron chi connectivity index (χ2n) is 6.64. The minimum absolute atomic E-state index is 0.0307. The molecule has 4 nitrogen and oxygen atoms in total. The molecule has 3 N–H and O–H groups in total. The quantitative estimate of drug-likeness (QED) is 0.838. The summed E-state index contributed by atoms with van der Waals surface area (Å²) in [4.78, 5) is 14.9. The second kappa shape index (κ2) is 5.68. The highest BCUT2D eigenvalue weighted by molar-refractivity contribution is 6.00. The topological polar surface area (TPSA) is 58.4 Å². The van der Waals surface area contributed by atoms with Gasteiger partial charge in [-0.1, -0.05) is 12.1 Å². The largest absolute Gasteiger partial charge is 0.398 e. The van der Waals surface area contributed by atoms with Crippen LogP contribution in [-0.4, -0.2) is 36.5 Å². The van der Waals surface area contributed by atoms with Gasteiger partial charge in [0.05, 0.1) is 5.56 Å². The summed E-state index contributed by atoms with van der Waals surface area (Å²) in [5, 5.41) is 3.10. The summed E-state index contributed by atoms with van der Waals surface area (Å²) >= 11 is 0. The number of fused-ring (bicyclic) bond motifs is 2. The standard InChI is InChI=1S/C17H25N3O/c1-11-4-3-5-15(18)16(11)17(21)19-10-12-8-13-6-7-14(9-12)20(13)2/h3-5,12-14H,6-10,18H2,1-2H3,(H,19,21). The fourth-order valence-electron chi connectivity index (χ4n) is 4.02. The van der Waals surface area contributed by atoms with Crippen LogP contribution in [0.1, 0.15) is 41.6 Å². The number of nitrogens with zero attached hydrogens (tertiary/aromatic N) is 1. The number of hydrogen-bond acceptors (Lipinski definition) is 3. The molecule has 2 bridgehead atoms. The number of hydrogen-bond donors (Lipinski definition) is 2. The number of piperidine rings is 1. The van der Waals surface area contributed by atoms with Gasteiger partial charge in [0.2, 0.25) is 0 Å². The summed E-state index contributed by atoms with van der Waals surface area (Å²) < 4.78 is 0. The zero-order valence-electron chi connectivity index (χ0n) is 12.9. The minimum atomic E-state index is -0.0307. The normalized spacial score (nSPS) is 28.6. The van der Waals surface area contributed by atoms with Crippen molar-refractivity contribution in [1.29, 1.82) is 0 Å². The van der Waals surface area contributed by atoms with Crippen LogP contribution < -0.4 is 11.1 Å². The lowest BCUT2D eigenvalue weighted by Gasteiger charge is -2.36. The number of rotatable bonds is 3. The highest BCUT2D eigenvalue weighted by atomic mass is 16.1. The van der Waals surface area contributed by atoms with E-state index in [2.05, 4.69) is 17.3 Å². The van der Waals surface area contributed by atoms with Gasteiger partial charge in [0, 0.05) is 24.3 Å². The first kappa shape index (κ1) is 14.4. The molecule has 114 valence electrons. The Kier molecular flexibility index (Phi) is 3.89. The van der Waals surface area contributed by atoms with E-state index in [-0.39, 0.29) is 5.91 Å². The van der Waals surface area contributed by atoms with Crippen LogP contribution >= 0.6 is 0 Å². The van der Waals surface area contributed by atoms with Gasteiger partial charge < -0.3 is 16.0 Å². The van der Waals surface area contributed by atoms with Gasteiger partial charge in [0.15, 0.2) is 0 Å². The van der Waals surface area contributed by atoms with Crippen molar-refractivity contribution in [1.82, 2.24) is 10.2 Å². The number of nitrogens with one attached hydrogen (secondary N) is 1. The molecule has 2 saturated heterocycles. The fraction of sp³-hybridized carbons (Fsp3) is 0.588. The van der Waals surface area contributed by atoms with Crippen molar-refractivity contribution in [3.63, 3.8) is 0 Å². The molecule has 0 aliphatic carbocycles. The molecule has 3 rings (SSSR count). The van der Waals surface area contributed by atoms with Gasteiger partial charge in [-0.2, -0.15) is 0 Å². The molecule has 1 aromatic rings. The van der Waals surface area contributed by atoms with Crippen LogP contribution in [0.25, 0.3) is 0 Å². The van der Waals surface area contributed by atoms with Gasteiger partial charge in [0.25, 0.3) is 5.91 Å². The van der Waals surface area contributed by atoms with E-state index in [0.717, 1.165) is 12.1 Å². The molecular formula is C17H25N3O. The highest BCUT2D eigenvalue weighted by Crippen LogP contribution is 2.37. The van der Waals surface area contributed by atoms with Crippen LogP contribution in [0, 0.1) is 12.8 Å². The Hall–Kier alpha value is -1.55. The number of nitrogen functional groups attached to an aromatic ring is 1. The molecule has 1 amide bonds. The number of benzene rings is 1. The molecule has 0 saturated carbocycles. The Morgan fingerprint density at radius 1 is 1.33 bits per heavy atom. The highest BCUT2D eigenvalue weighted by Gasteiger charge is 2.38. The molecule has 0 aromatic heterocycles. The van der Waals surface area contributed by atoms with Crippen LogP contribution in [0.4, 0.5) is 5.69 Å². The Morgan fingerprint density at radius 2 is 2.00 bits per heavy atom. The lowest BCUT2D eigenvalue weighted by atomic mass is 9.91. The van der Waals surface area contributed by atoms with Gasteiger partial charge in [-0.3, -0.25) is 4.79 Å². The maximum Gasteiger partial charge on any atom is 0.253 e. The van der Waals surface area contributed by atoms with Gasteiger partial charge in [0.1, 0.15) is 0 Å². The van der Waals surface area contributed by atoms with Crippen molar-refractivity contribution in [2.75, 3.05) is 19.3 Å². The third kappa shape index (κ3) is 2.77. The molecule has 2 aliphatic heterocycles. The Balaban J connectivity index is 1.60. The molecule has 2 atom stereocenters. The van der Waals surface area contributed by atoms with E-state index >= 15 is 0 Å². The Labute approximate surface area is 126 Å². The van der Waals surface area contributed by atoms with Gasteiger partial charge >= 0.3 is 0 Å². The van der Waals surface area contributed by atoms with Crippen molar-refractivity contribution in [3.05, 3.63) is 29.3 Å². The van der Waals surface area contributed by atoms with Crippen LogP contribution in [0.15, 0.2) is 18.2 Å². The Bertz CT molecular complexity index is 509. The molecule has 21 heavy (non-hydrogen) atoms. The van der Waals surface area contributed by atoms with Crippen LogP contribution in [0.5, 0.6) is 0 Å². The van der Waals surface area contributed by atoms with E-state index < -0.39 is 0 Å². The second-order valence-corrected chi connectivity index (χ2v) is 6.64. The maximum atomic E-state index is 12.4. The molecular weight excluding hydrogens is 262 g/mol. The minimum Gasteiger partial charge on any atom is -0.398 e. The third-order valence-corrected chi connectivity index (χ3v) is 5.28. The average molecular weight is 287 g/mol. The first-order valence-electron chi connectivity index (χ1n) is 7.91. The molecule has 0 radical (unpaired) electrons. The number of carbonyl (C=O) groups excluding carboxylic acids is 1. The zero-order valence-corrected chi connectivity index (χ0v) is 12.9. The average Bonchev–Trinajstić information content (AvgIpc) is 2.67. The zero-order chi connectivity index (χ0) is 15.0. The predicted molar refractivity (Wildman–Crippen MR) is 85.2 cm³/mol. The van der Waals surface area contributed by atoms with E-state index in [1.807, 2.05) is 19.1 Å². The number of anilines is 1. The molecule has 0 spiro atoms. The van der Waals surface area contributed by atoms with Gasteiger partial charge in [-0.05, 0) is 57.2 Å². The summed E-state index contributed by atoms with van der Waals surface area (Å²) in [7, 11) is 2.24. The molecule has 2 aliphatic rings. The van der Waals surface area contributed by atoms with Crippen LogP contribution in [0.3, 0.4) is 0 Å². The smallest absolute Gasteiger partial charge is 0.253 e. The lowest BCUT2D eigenvalue weighted by molar-refractivity contribution is 0.0918. The molecule has 4 heteroatoms. The number of aryl methyl sites for hydroxylation is 1. The van der Waals surface area contributed by atoms with Crippen molar-refractivity contribution in [3.8, 4) is 0 Å². The first-order chi connectivity index (χ1) is 10.1. The predicted octanol–water partition coefficient (Wildman–Crippen LogP) is 2.18. The number of nitrogens with two attached hydrogens (primary N) is 1. The number of carbonyl (C=O) groups is 1. The van der Waals surface area contributed by atoms with E-state index in [0.29, 0.717) is 29.3 Å². The summed E-state index contributed by atoms with van der Waals surface area (Å²) in [6.07, 6.45) is 5.04. The van der Waals surface area contributed by atoms with E-state index in [4.69, 9.17) is 5.73 Å². The summed E-state index contributed by atoms with van der Waals surface area (Å²) in [5.41, 5.74) is 8.08. The fourth-order valence-corrected chi connectivity index (χ4v) is 4.02. The Morgan fingerprint density at radius 3 is 2.62 bits per heavy atom. The van der Waals surface area contributed by atoms with E-state index in [9.17, 15) is 4.79 Å². The maximum absolute atomic E-state index is 12.4. The summed E-state index contributed by atoms with van der Waals surface area (Å²) in [6.45, 7) is 2.70. The first-order valence-corrected chi connectivity index (χ1v) is 7.91. The van der Waals surface area contributed by atoms with Crippen LogP contribution in [0.2, 0.25) is 0 Å². The third-order valence-electron chi connectivity index (χ3n) is 5.28. The molecule has 1 aromatic carbocycles. The van der Waals surface area contributed by atoms with Crippen LogP contribution in [-0.2, 0) is 0 Å². The summed E-state index contributed by atoms with van der Waals surface area (Å²) in [6, 6.07) is 7.04. The SMILES string of the molecule is Cc1cccc(N)c1C(=O)NCC1CC2CCC(C1)N2C. The van der Waals surface area contributed by atoms with Crippen molar-refractivity contribution in [2.24, 2.45) is 5.92 Å². The molecule has 2 heterocycles. The van der Waals surface area contributed by atoms with Crippen molar-refractivity contribution >= 4 is 11.6 Å². The molecule has 2 unspecified atom stereocenters. The van der Waals surface area contributed by atoms with Gasteiger partial charge in [-0.15, -0.1) is 0 Å². The monoisotopic (exact) mass is 287 g/mol. The van der Waals surface area contributed by atoms with Crippen molar-refractivity contribution < 1.29 is 4.79 Å². The lowest BCUT2D eigenvalue weighted by Crippen LogP contribution is -2.43. The van der Waals surface area contributed by atoms with E-state index in [1.165, 1.54) is 25.7 Å². The van der Waals surface area contributed by atoms with E-state index in [1.54, 1.807) is 6.07 Å². The molecule has 2 fully saturated rings. The van der Waals surface area contributed by atoms with Gasteiger partial charge in [-0.25, -0.2) is 0 Å². The summed E-state index contributed by atoms with van der Waals surface area (Å²) in [5.74, 6) is 0.574. The van der Waals surface area contributed by atoms with Crippen molar-refractivity contribution in [2.45, 2.75) is 44.7 Å². The number of amides is 1.